The highest BCUT2D eigenvalue weighted by molar-refractivity contribution is 7.11. The zero-order chi connectivity index (χ0) is 10.4. The van der Waals surface area contributed by atoms with Crippen molar-refractivity contribution in [1.29, 1.82) is 0 Å². The topological polar surface area (TPSA) is 38.0 Å². The number of aryl methyl sites for hydroxylation is 1. The summed E-state index contributed by atoms with van der Waals surface area (Å²) in [5.74, 6) is 5.45. The zero-order valence-corrected chi connectivity index (χ0v) is 9.44. The minimum Gasteiger partial charge on any atom is -0.271 e. The maximum atomic E-state index is 5.45. The molecule has 0 aliphatic rings. The van der Waals surface area contributed by atoms with Crippen molar-refractivity contribution in [2.24, 2.45) is 5.84 Å². The van der Waals surface area contributed by atoms with Crippen molar-refractivity contribution in [3.8, 4) is 0 Å². The number of hydrogen-bond acceptors (Lipinski definition) is 3. The first-order valence-electron chi connectivity index (χ1n) is 4.94. The molecule has 78 valence electrons. The van der Waals surface area contributed by atoms with Crippen LogP contribution in [0.2, 0.25) is 0 Å². The Morgan fingerprint density at radius 3 is 2.79 bits per heavy atom. The lowest BCUT2D eigenvalue weighted by molar-refractivity contribution is 0.534. The van der Waals surface area contributed by atoms with E-state index in [0.29, 0.717) is 6.04 Å². The van der Waals surface area contributed by atoms with Crippen LogP contribution in [0.1, 0.15) is 23.1 Å². The number of rotatable bonds is 6. The lowest BCUT2D eigenvalue weighted by atomic mass is 10.1. The van der Waals surface area contributed by atoms with Crippen molar-refractivity contribution in [2.75, 3.05) is 0 Å². The van der Waals surface area contributed by atoms with Crippen LogP contribution in [-0.4, -0.2) is 6.04 Å². The predicted octanol–water partition coefficient (Wildman–Crippen LogP) is 2.26. The van der Waals surface area contributed by atoms with Gasteiger partial charge in [0.05, 0.1) is 0 Å². The molecule has 0 aromatic carbocycles. The Morgan fingerprint density at radius 2 is 2.29 bits per heavy atom. The third-order valence-electron chi connectivity index (χ3n) is 2.20. The van der Waals surface area contributed by atoms with Gasteiger partial charge in [-0.05, 0) is 31.4 Å². The van der Waals surface area contributed by atoms with Gasteiger partial charge in [0.15, 0.2) is 0 Å². The summed E-state index contributed by atoms with van der Waals surface area (Å²) in [4.78, 5) is 2.83. The average molecular weight is 210 g/mol. The molecule has 1 aromatic rings. The summed E-state index contributed by atoms with van der Waals surface area (Å²) in [5.41, 5.74) is 2.81. The van der Waals surface area contributed by atoms with Crippen LogP contribution in [0.5, 0.6) is 0 Å². The van der Waals surface area contributed by atoms with E-state index < -0.39 is 0 Å². The first-order chi connectivity index (χ1) is 6.80. The molecule has 1 unspecified atom stereocenters. The summed E-state index contributed by atoms with van der Waals surface area (Å²) in [6, 6.07) is 4.70. The largest absolute Gasteiger partial charge is 0.271 e. The average Bonchev–Trinajstić information content (AvgIpc) is 2.65. The Balaban J connectivity index is 2.52. The Bertz CT molecular complexity index is 281. The summed E-state index contributed by atoms with van der Waals surface area (Å²) in [5, 5.41) is 0. The maximum Gasteiger partial charge on any atom is 0.0293 e. The second-order valence-corrected chi connectivity index (χ2v) is 4.57. The van der Waals surface area contributed by atoms with E-state index >= 15 is 0 Å². The molecular weight excluding hydrogens is 192 g/mol. The van der Waals surface area contributed by atoms with Crippen molar-refractivity contribution in [1.82, 2.24) is 5.43 Å². The van der Waals surface area contributed by atoms with E-state index in [1.54, 1.807) is 0 Å². The second kappa shape index (κ2) is 5.96. The van der Waals surface area contributed by atoms with E-state index in [9.17, 15) is 0 Å². The molecule has 3 N–H and O–H groups in total. The molecule has 0 saturated carbocycles. The minimum absolute atomic E-state index is 0.316. The van der Waals surface area contributed by atoms with Gasteiger partial charge in [-0.3, -0.25) is 11.3 Å². The number of thiophene rings is 1. The minimum atomic E-state index is 0.316. The Labute approximate surface area is 89.8 Å². The molecule has 3 heteroatoms. The Morgan fingerprint density at radius 1 is 1.57 bits per heavy atom. The van der Waals surface area contributed by atoms with Gasteiger partial charge in [-0.15, -0.1) is 17.9 Å². The first-order valence-corrected chi connectivity index (χ1v) is 5.76. The van der Waals surface area contributed by atoms with E-state index in [2.05, 4.69) is 31.1 Å². The molecule has 0 aliphatic heterocycles. The third-order valence-corrected chi connectivity index (χ3v) is 3.45. The van der Waals surface area contributed by atoms with Gasteiger partial charge in [0, 0.05) is 15.8 Å². The molecule has 0 spiro atoms. The van der Waals surface area contributed by atoms with Crippen LogP contribution in [0.15, 0.2) is 24.8 Å². The SMILES string of the molecule is C=CCC(Cc1ccc(CC)s1)NN. The van der Waals surface area contributed by atoms with Gasteiger partial charge < -0.3 is 0 Å². The van der Waals surface area contributed by atoms with Crippen LogP contribution in [0.25, 0.3) is 0 Å². The number of hydrazine groups is 1. The van der Waals surface area contributed by atoms with Crippen LogP contribution in [0, 0.1) is 0 Å². The van der Waals surface area contributed by atoms with Crippen molar-refractivity contribution >= 4 is 11.3 Å². The van der Waals surface area contributed by atoms with Gasteiger partial charge in [0.25, 0.3) is 0 Å². The van der Waals surface area contributed by atoms with Gasteiger partial charge in [-0.2, -0.15) is 0 Å². The molecular formula is C11H18N2S. The Hall–Kier alpha value is -0.640. The highest BCUT2D eigenvalue weighted by Crippen LogP contribution is 2.18. The maximum absolute atomic E-state index is 5.45. The van der Waals surface area contributed by atoms with E-state index in [0.717, 1.165) is 19.3 Å². The standard InChI is InChI=1S/C11H18N2S/c1-3-5-9(13-12)8-11-7-6-10(4-2)14-11/h3,6-7,9,13H,1,4-5,8,12H2,2H3. The summed E-state index contributed by atoms with van der Waals surface area (Å²) in [6.07, 6.45) is 4.93. The zero-order valence-electron chi connectivity index (χ0n) is 8.62. The summed E-state index contributed by atoms with van der Waals surface area (Å²) >= 11 is 1.87. The second-order valence-electron chi connectivity index (χ2n) is 3.31. The van der Waals surface area contributed by atoms with E-state index in [-0.39, 0.29) is 0 Å². The van der Waals surface area contributed by atoms with Crippen LogP contribution in [0.4, 0.5) is 0 Å². The normalized spacial score (nSPS) is 12.7. The fraction of sp³-hybridized carbons (Fsp3) is 0.455. The molecule has 0 amide bonds. The predicted molar refractivity (Wildman–Crippen MR) is 63.3 cm³/mol. The van der Waals surface area contributed by atoms with Gasteiger partial charge in [-0.1, -0.05) is 13.0 Å². The molecule has 0 fully saturated rings. The van der Waals surface area contributed by atoms with Gasteiger partial charge in [0.2, 0.25) is 0 Å². The van der Waals surface area contributed by atoms with Crippen molar-refractivity contribution < 1.29 is 0 Å². The lowest BCUT2D eigenvalue weighted by Gasteiger charge is -2.11. The summed E-state index contributed by atoms with van der Waals surface area (Å²) in [7, 11) is 0. The molecule has 0 bridgehead atoms. The molecule has 14 heavy (non-hydrogen) atoms. The lowest BCUT2D eigenvalue weighted by Crippen LogP contribution is -2.36. The van der Waals surface area contributed by atoms with Crippen LogP contribution >= 0.6 is 11.3 Å². The monoisotopic (exact) mass is 210 g/mol. The van der Waals surface area contributed by atoms with Gasteiger partial charge in [0.1, 0.15) is 0 Å². The molecule has 0 aliphatic carbocycles. The molecule has 1 aromatic heterocycles. The van der Waals surface area contributed by atoms with Crippen LogP contribution in [0.3, 0.4) is 0 Å². The molecule has 2 nitrogen and oxygen atoms in total. The number of hydrogen-bond donors (Lipinski definition) is 2. The number of nitrogens with two attached hydrogens (primary N) is 1. The van der Waals surface area contributed by atoms with E-state index in [1.807, 2.05) is 17.4 Å². The van der Waals surface area contributed by atoms with E-state index in [1.165, 1.54) is 9.75 Å². The summed E-state index contributed by atoms with van der Waals surface area (Å²) < 4.78 is 0. The molecule has 0 radical (unpaired) electrons. The van der Waals surface area contributed by atoms with E-state index in [4.69, 9.17) is 5.84 Å². The highest BCUT2D eigenvalue weighted by Gasteiger charge is 2.07. The highest BCUT2D eigenvalue weighted by atomic mass is 32.1. The number of nitrogens with one attached hydrogen (secondary N) is 1. The van der Waals surface area contributed by atoms with Crippen molar-refractivity contribution in [3.05, 3.63) is 34.5 Å². The van der Waals surface area contributed by atoms with Crippen LogP contribution < -0.4 is 11.3 Å². The van der Waals surface area contributed by atoms with Crippen LogP contribution in [-0.2, 0) is 12.8 Å². The van der Waals surface area contributed by atoms with Gasteiger partial charge in [-0.25, -0.2) is 0 Å². The smallest absolute Gasteiger partial charge is 0.0293 e. The quantitative estimate of drug-likeness (QED) is 0.429. The van der Waals surface area contributed by atoms with Crippen molar-refractivity contribution in [2.45, 2.75) is 32.2 Å². The van der Waals surface area contributed by atoms with Gasteiger partial charge >= 0.3 is 0 Å². The molecule has 1 heterocycles. The molecule has 0 saturated heterocycles. The third kappa shape index (κ3) is 3.25. The van der Waals surface area contributed by atoms with Crippen molar-refractivity contribution in [3.63, 3.8) is 0 Å². The fourth-order valence-corrected chi connectivity index (χ4v) is 2.41. The first kappa shape index (κ1) is 11.4. The summed E-state index contributed by atoms with van der Waals surface area (Å²) in [6.45, 7) is 5.90. The molecule has 1 rings (SSSR count). The fourth-order valence-electron chi connectivity index (χ4n) is 1.38. The molecule has 1 atom stereocenters. The Kier molecular flexibility index (Phi) is 4.87.